The SMILES string of the molecule is CC(C)(C)c1ccc2c(c1)Oc1cc(C(C)(C)C)cc3c1N2B1c2cc4c(cc2C(C)(C)c2cc(C(C)(C)C)cc-3c21)Oc1ccccc1O4. The van der Waals surface area contributed by atoms with Crippen LogP contribution in [0.5, 0.6) is 34.5 Å². The van der Waals surface area contributed by atoms with Crippen molar-refractivity contribution in [1.29, 1.82) is 0 Å². The molecule has 4 aliphatic heterocycles. The van der Waals surface area contributed by atoms with E-state index in [1.165, 1.54) is 49.9 Å². The first kappa shape index (κ1) is 31.4. The Morgan fingerprint density at radius 1 is 0.520 bits per heavy atom. The topological polar surface area (TPSA) is 30.9 Å². The van der Waals surface area contributed by atoms with E-state index in [-0.39, 0.29) is 28.5 Å². The molecule has 4 nitrogen and oxygen atoms in total. The Bertz CT molecular complexity index is 2300. The van der Waals surface area contributed by atoms with Crippen LogP contribution in [0.3, 0.4) is 0 Å². The van der Waals surface area contributed by atoms with Crippen LogP contribution in [-0.4, -0.2) is 6.85 Å². The predicted molar refractivity (Wildman–Crippen MR) is 207 cm³/mol. The number of hydrogen-bond acceptors (Lipinski definition) is 4. The van der Waals surface area contributed by atoms with E-state index in [4.69, 9.17) is 14.2 Å². The highest BCUT2D eigenvalue weighted by atomic mass is 16.6. The van der Waals surface area contributed by atoms with Gasteiger partial charge in [0.2, 0.25) is 0 Å². The molecule has 0 radical (unpaired) electrons. The lowest BCUT2D eigenvalue weighted by Gasteiger charge is -2.49. The molecule has 0 spiro atoms. The van der Waals surface area contributed by atoms with E-state index in [2.05, 4.69) is 136 Å². The van der Waals surface area contributed by atoms with Gasteiger partial charge in [-0.1, -0.05) is 106 Å². The fourth-order valence-electron chi connectivity index (χ4n) is 8.39. The number of rotatable bonds is 0. The maximum atomic E-state index is 7.02. The van der Waals surface area contributed by atoms with Crippen molar-refractivity contribution in [2.75, 3.05) is 4.81 Å². The summed E-state index contributed by atoms with van der Waals surface area (Å²) >= 11 is 0. The van der Waals surface area contributed by atoms with E-state index in [1.54, 1.807) is 0 Å². The number of nitrogens with zero attached hydrogens (tertiary/aromatic N) is 1. The molecule has 0 saturated heterocycles. The molecule has 0 unspecified atom stereocenters. The third-order valence-electron chi connectivity index (χ3n) is 11.4. The number of ether oxygens (including phenoxy) is 3. The monoisotopic (exact) mass is 659 g/mol. The van der Waals surface area contributed by atoms with Crippen molar-refractivity contribution in [3.63, 3.8) is 0 Å². The maximum Gasteiger partial charge on any atom is 0.329 e. The molecule has 252 valence electrons. The summed E-state index contributed by atoms with van der Waals surface area (Å²) in [4.78, 5) is 2.57. The molecule has 5 aromatic rings. The zero-order valence-electron chi connectivity index (χ0n) is 31.3. The van der Waals surface area contributed by atoms with Gasteiger partial charge in [0.25, 0.3) is 0 Å². The van der Waals surface area contributed by atoms with Crippen LogP contribution in [0.1, 0.15) is 104 Å². The summed E-state index contributed by atoms with van der Waals surface area (Å²) in [5.74, 6) is 4.81. The van der Waals surface area contributed by atoms with Crippen LogP contribution < -0.4 is 29.9 Å². The van der Waals surface area contributed by atoms with Crippen LogP contribution in [0.4, 0.5) is 11.4 Å². The van der Waals surface area contributed by atoms with Gasteiger partial charge in [-0.25, -0.2) is 0 Å². The number of anilines is 2. The zero-order chi connectivity index (χ0) is 35.3. The Labute approximate surface area is 297 Å². The van der Waals surface area contributed by atoms with Crippen LogP contribution in [0.25, 0.3) is 11.1 Å². The van der Waals surface area contributed by atoms with Crippen molar-refractivity contribution >= 4 is 29.1 Å². The summed E-state index contributed by atoms with van der Waals surface area (Å²) in [6.45, 7) is 25.3. The maximum absolute atomic E-state index is 7.02. The minimum Gasteiger partial charge on any atom is -0.453 e. The van der Waals surface area contributed by atoms with Crippen LogP contribution in [0, 0.1) is 0 Å². The lowest BCUT2D eigenvalue weighted by Crippen LogP contribution is -2.64. The van der Waals surface area contributed by atoms with Crippen molar-refractivity contribution in [2.45, 2.75) is 97.8 Å². The third-order valence-corrected chi connectivity index (χ3v) is 11.4. The van der Waals surface area contributed by atoms with Crippen molar-refractivity contribution in [1.82, 2.24) is 0 Å². The first-order chi connectivity index (χ1) is 23.4. The first-order valence-electron chi connectivity index (χ1n) is 18.0. The average molecular weight is 660 g/mol. The van der Waals surface area contributed by atoms with Crippen LogP contribution in [-0.2, 0) is 21.7 Å². The van der Waals surface area contributed by atoms with Gasteiger partial charge in [0, 0.05) is 11.0 Å². The number of benzene rings is 5. The Hall–Kier alpha value is -4.64. The summed E-state index contributed by atoms with van der Waals surface area (Å²) < 4.78 is 20.1. The van der Waals surface area contributed by atoms with Crippen molar-refractivity contribution in [3.8, 4) is 45.6 Å². The highest BCUT2D eigenvalue weighted by molar-refractivity contribution is 6.92. The van der Waals surface area contributed by atoms with E-state index in [0.29, 0.717) is 0 Å². The fraction of sp³-hybridized carbons (Fsp3) is 0.333. The second kappa shape index (κ2) is 9.78. The molecule has 50 heavy (non-hydrogen) atoms. The van der Waals surface area contributed by atoms with Crippen LogP contribution in [0.15, 0.2) is 78.9 Å². The number of fused-ring (bicyclic) bond motifs is 8. The summed E-state index contributed by atoms with van der Waals surface area (Å²) in [6, 6.07) is 28.9. The van der Waals surface area contributed by atoms with Crippen LogP contribution in [0.2, 0.25) is 0 Å². The molecule has 4 heterocycles. The molecule has 0 bridgehead atoms. The van der Waals surface area contributed by atoms with Gasteiger partial charge in [-0.3, -0.25) is 0 Å². The number of para-hydroxylation sites is 2. The Kier molecular flexibility index (Phi) is 6.13. The second-order valence-electron chi connectivity index (χ2n) is 18.3. The predicted octanol–water partition coefficient (Wildman–Crippen LogP) is 11.1. The summed E-state index contributed by atoms with van der Waals surface area (Å²) in [5, 5.41) is 0. The van der Waals surface area contributed by atoms with E-state index in [0.717, 1.165) is 45.9 Å². The highest BCUT2D eigenvalue weighted by Crippen LogP contribution is 2.57. The van der Waals surface area contributed by atoms with E-state index >= 15 is 0 Å². The lowest BCUT2D eigenvalue weighted by atomic mass is 9.38. The zero-order valence-corrected chi connectivity index (χ0v) is 31.3. The average Bonchev–Trinajstić information content (AvgIpc) is 3.04. The molecular weight excluding hydrogens is 613 g/mol. The Morgan fingerprint density at radius 3 is 1.72 bits per heavy atom. The van der Waals surface area contributed by atoms with Gasteiger partial charge in [0.1, 0.15) is 5.75 Å². The largest absolute Gasteiger partial charge is 0.453 e. The van der Waals surface area contributed by atoms with Crippen LogP contribution >= 0.6 is 0 Å². The van der Waals surface area contributed by atoms with E-state index < -0.39 is 0 Å². The smallest absolute Gasteiger partial charge is 0.329 e. The molecule has 0 saturated carbocycles. The molecule has 0 aliphatic carbocycles. The third kappa shape index (κ3) is 4.38. The van der Waals surface area contributed by atoms with E-state index in [1.807, 2.05) is 24.3 Å². The highest BCUT2D eigenvalue weighted by Gasteiger charge is 2.51. The van der Waals surface area contributed by atoms with Gasteiger partial charge in [-0.2, -0.15) is 0 Å². The molecule has 4 aliphatic rings. The standard InChI is InChI=1S/C45H46BNO3/c1-42(2,3)25-16-17-33-36(21-25)50-39-22-27(44(7,8)9)19-29-28-18-26(43(4,5)6)20-31-40(28)46(47(33)41(29)39)32-24-38-37(23-30(32)45(31,10)11)48-34-14-12-13-15-35(34)49-38/h12-24H,1-11H3. The van der Waals surface area contributed by atoms with Gasteiger partial charge in [-0.15, -0.1) is 0 Å². The van der Waals surface area contributed by atoms with E-state index in [9.17, 15) is 0 Å². The molecule has 0 atom stereocenters. The molecule has 0 aromatic heterocycles. The van der Waals surface area contributed by atoms with Gasteiger partial charge >= 0.3 is 6.85 Å². The molecule has 0 N–H and O–H groups in total. The molecule has 9 rings (SSSR count). The lowest BCUT2D eigenvalue weighted by molar-refractivity contribution is 0.359. The molecule has 0 amide bonds. The minimum absolute atomic E-state index is 0.0176. The Morgan fingerprint density at radius 2 is 1.08 bits per heavy atom. The van der Waals surface area contributed by atoms with Crippen molar-refractivity contribution < 1.29 is 14.2 Å². The quantitative estimate of drug-likeness (QED) is 0.152. The normalized spacial score (nSPS) is 16.1. The molecular formula is C45H46BNO3. The first-order valence-corrected chi connectivity index (χ1v) is 18.0. The summed E-state index contributed by atoms with van der Waals surface area (Å²) in [5.41, 5.74) is 13.4. The van der Waals surface area contributed by atoms with Crippen molar-refractivity contribution in [3.05, 3.63) is 107 Å². The van der Waals surface area contributed by atoms with Gasteiger partial charge < -0.3 is 19.0 Å². The Balaban J connectivity index is 1.39. The van der Waals surface area contributed by atoms with Gasteiger partial charge in [0.15, 0.2) is 28.7 Å². The number of hydrogen-bond donors (Lipinski definition) is 0. The van der Waals surface area contributed by atoms with Crippen molar-refractivity contribution in [2.24, 2.45) is 0 Å². The summed E-state index contributed by atoms with van der Waals surface area (Å²) in [6.07, 6.45) is 0. The van der Waals surface area contributed by atoms with Gasteiger partial charge in [-0.05, 0) is 109 Å². The molecule has 0 fully saturated rings. The molecule has 5 heteroatoms. The summed E-state index contributed by atoms with van der Waals surface area (Å²) in [7, 11) is 0. The second-order valence-corrected chi connectivity index (χ2v) is 18.3. The molecule has 5 aromatic carbocycles. The fourth-order valence-corrected chi connectivity index (χ4v) is 8.39. The minimum atomic E-state index is -0.306. The van der Waals surface area contributed by atoms with Gasteiger partial charge in [0.05, 0.1) is 11.4 Å².